The van der Waals surface area contributed by atoms with Gasteiger partial charge in [-0.1, -0.05) is 6.07 Å². The van der Waals surface area contributed by atoms with Crippen molar-refractivity contribution in [2.75, 3.05) is 12.0 Å². The summed E-state index contributed by atoms with van der Waals surface area (Å²) < 4.78 is 22.1. The summed E-state index contributed by atoms with van der Waals surface area (Å²) in [7, 11) is -3.07. The van der Waals surface area contributed by atoms with Gasteiger partial charge in [-0.15, -0.1) is 0 Å². The average Bonchev–Trinajstić information content (AvgIpc) is 2.45. The zero-order valence-electron chi connectivity index (χ0n) is 8.19. The van der Waals surface area contributed by atoms with E-state index in [2.05, 4.69) is 9.97 Å². The van der Waals surface area contributed by atoms with Crippen LogP contribution in [0.1, 0.15) is 5.82 Å². The summed E-state index contributed by atoms with van der Waals surface area (Å²) in [5, 5.41) is 0. The maximum atomic E-state index is 11.1. The molecule has 2 aromatic rings. The van der Waals surface area contributed by atoms with E-state index in [-0.39, 0.29) is 5.75 Å². The lowest BCUT2D eigenvalue weighted by molar-refractivity contribution is 0.600. The first kappa shape index (κ1) is 9.97. The number of hydrogen-bond acceptors (Lipinski definition) is 4. The molecule has 1 aromatic heterocycles. The number of nitrogen functional groups attached to an aromatic ring is 1. The lowest BCUT2D eigenvalue weighted by atomic mass is 10.3. The Morgan fingerprint density at radius 1 is 1.47 bits per heavy atom. The molecule has 0 atom stereocenters. The van der Waals surface area contributed by atoms with E-state index in [4.69, 9.17) is 5.73 Å². The highest BCUT2D eigenvalue weighted by molar-refractivity contribution is 7.89. The van der Waals surface area contributed by atoms with Crippen LogP contribution in [-0.4, -0.2) is 24.6 Å². The summed E-state index contributed by atoms with van der Waals surface area (Å²) in [5.74, 6) is 0.326. The van der Waals surface area contributed by atoms with Crippen LogP contribution < -0.4 is 5.73 Å². The third kappa shape index (κ3) is 2.10. The number of nitrogens with zero attached hydrogens (tertiary/aromatic N) is 1. The van der Waals surface area contributed by atoms with Gasteiger partial charge >= 0.3 is 0 Å². The minimum absolute atomic E-state index is 0.0961. The van der Waals surface area contributed by atoms with Crippen molar-refractivity contribution in [1.29, 1.82) is 0 Å². The molecular weight excluding hydrogens is 214 g/mol. The van der Waals surface area contributed by atoms with E-state index in [9.17, 15) is 8.42 Å². The van der Waals surface area contributed by atoms with Gasteiger partial charge in [0.1, 0.15) is 17.1 Å². The van der Waals surface area contributed by atoms with Crippen molar-refractivity contribution in [1.82, 2.24) is 9.97 Å². The number of rotatable bonds is 2. The lowest BCUT2D eigenvalue weighted by Gasteiger charge is -1.91. The number of aromatic nitrogens is 2. The van der Waals surface area contributed by atoms with Crippen LogP contribution in [0.15, 0.2) is 18.2 Å². The van der Waals surface area contributed by atoms with Crippen molar-refractivity contribution in [3.8, 4) is 0 Å². The highest BCUT2D eigenvalue weighted by atomic mass is 32.2. The minimum Gasteiger partial charge on any atom is -0.397 e. The molecule has 0 bridgehead atoms. The molecule has 0 fully saturated rings. The Labute approximate surface area is 87.2 Å². The molecule has 1 aromatic carbocycles. The summed E-state index contributed by atoms with van der Waals surface area (Å²) in [6, 6.07) is 5.33. The van der Waals surface area contributed by atoms with E-state index in [1.54, 1.807) is 12.1 Å². The Morgan fingerprint density at radius 3 is 2.80 bits per heavy atom. The van der Waals surface area contributed by atoms with Gasteiger partial charge in [-0.05, 0) is 12.1 Å². The minimum atomic E-state index is -3.07. The van der Waals surface area contributed by atoms with Gasteiger partial charge < -0.3 is 10.7 Å². The molecular formula is C9H11N3O2S. The Hall–Kier alpha value is -1.56. The molecule has 0 aliphatic carbocycles. The smallest absolute Gasteiger partial charge is 0.154 e. The highest BCUT2D eigenvalue weighted by Crippen LogP contribution is 2.18. The molecule has 1 heterocycles. The molecule has 0 unspecified atom stereocenters. The van der Waals surface area contributed by atoms with Crippen LogP contribution in [-0.2, 0) is 15.6 Å². The summed E-state index contributed by atoms with van der Waals surface area (Å²) in [6.45, 7) is 0. The topological polar surface area (TPSA) is 88.8 Å². The van der Waals surface area contributed by atoms with Crippen molar-refractivity contribution in [3.05, 3.63) is 24.0 Å². The second-order valence-electron chi connectivity index (χ2n) is 3.50. The maximum absolute atomic E-state index is 11.1. The second kappa shape index (κ2) is 3.23. The normalized spacial score (nSPS) is 12.1. The fourth-order valence-corrected chi connectivity index (χ4v) is 2.06. The lowest BCUT2D eigenvalue weighted by Crippen LogP contribution is -2.02. The van der Waals surface area contributed by atoms with Gasteiger partial charge in [0.2, 0.25) is 0 Å². The zero-order valence-corrected chi connectivity index (χ0v) is 9.00. The third-order valence-electron chi connectivity index (χ3n) is 1.99. The number of para-hydroxylation sites is 1. The number of sulfone groups is 1. The fraction of sp³-hybridized carbons (Fsp3) is 0.222. The number of anilines is 1. The predicted molar refractivity (Wildman–Crippen MR) is 59.1 cm³/mol. The number of nitrogens with two attached hydrogens (primary N) is 1. The zero-order chi connectivity index (χ0) is 11.1. The van der Waals surface area contributed by atoms with Gasteiger partial charge in [0, 0.05) is 6.26 Å². The van der Waals surface area contributed by atoms with E-state index in [0.717, 1.165) is 5.52 Å². The molecule has 0 aliphatic rings. The first-order valence-electron chi connectivity index (χ1n) is 4.36. The van der Waals surface area contributed by atoms with Crippen LogP contribution in [0.4, 0.5) is 5.69 Å². The fourth-order valence-electron chi connectivity index (χ4n) is 1.42. The van der Waals surface area contributed by atoms with Crippen molar-refractivity contribution in [2.45, 2.75) is 5.75 Å². The van der Waals surface area contributed by atoms with Gasteiger partial charge in [-0.25, -0.2) is 13.4 Å². The Balaban J connectivity index is 2.53. The van der Waals surface area contributed by atoms with E-state index in [1.807, 2.05) is 6.07 Å². The van der Waals surface area contributed by atoms with Crippen LogP contribution >= 0.6 is 0 Å². The van der Waals surface area contributed by atoms with E-state index in [1.165, 1.54) is 6.26 Å². The van der Waals surface area contributed by atoms with Crippen LogP contribution in [0.5, 0.6) is 0 Å². The van der Waals surface area contributed by atoms with Crippen molar-refractivity contribution in [2.24, 2.45) is 0 Å². The summed E-state index contributed by atoms with van der Waals surface area (Å²) >= 11 is 0. The quantitative estimate of drug-likeness (QED) is 0.736. The van der Waals surface area contributed by atoms with Crippen molar-refractivity contribution >= 4 is 26.6 Å². The monoisotopic (exact) mass is 225 g/mol. The molecule has 15 heavy (non-hydrogen) atoms. The number of aromatic amines is 1. The van der Waals surface area contributed by atoms with Crippen molar-refractivity contribution in [3.63, 3.8) is 0 Å². The van der Waals surface area contributed by atoms with Crippen LogP contribution in [0.2, 0.25) is 0 Å². The van der Waals surface area contributed by atoms with Gasteiger partial charge in [0.25, 0.3) is 0 Å². The Kier molecular flexibility index (Phi) is 2.15. The molecule has 2 rings (SSSR count). The van der Waals surface area contributed by atoms with Crippen LogP contribution in [0.3, 0.4) is 0 Å². The van der Waals surface area contributed by atoms with Gasteiger partial charge in [-0.2, -0.15) is 0 Å². The molecule has 0 saturated heterocycles. The number of hydrogen-bond donors (Lipinski definition) is 2. The van der Waals surface area contributed by atoms with E-state index < -0.39 is 9.84 Å². The third-order valence-corrected chi connectivity index (χ3v) is 2.79. The van der Waals surface area contributed by atoms with Gasteiger partial charge in [0.05, 0.1) is 11.2 Å². The summed E-state index contributed by atoms with van der Waals surface area (Å²) in [5.41, 5.74) is 7.63. The number of benzene rings is 1. The van der Waals surface area contributed by atoms with Crippen LogP contribution in [0, 0.1) is 0 Å². The summed E-state index contributed by atoms with van der Waals surface area (Å²) in [4.78, 5) is 7.06. The molecule has 0 spiro atoms. The number of nitrogens with one attached hydrogen (secondary N) is 1. The maximum Gasteiger partial charge on any atom is 0.154 e. The van der Waals surface area contributed by atoms with Gasteiger partial charge in [-0.3, -0.25) is 0 Å². The first-order chi connectivity index (χ1) is 6.96. The van der Waals surface area contributed by atoms with E-state index in [0.29, 0.717) is 17.0 Å². The second-order valence-corrected chi connectivity index (χ2v) is 5.64. The van der Waals surface area contributed by atoms with Crippen molar-refractivity contribution < 1.29 is 8.42 Å². The SMILES string of the molecule is CS(=O)(=O)Cc1nc2c(N)cccc2[nH]1. The number of H-pyrrole nitrogens is 1. The number of imidazole rings is 1. The molecule has 0 aliphatic heterocycles. The molecule has 0 saturated carbocycles. The Bertz CT molecular complexity index is 601. The van der Waals surface area contributed by atoms with Gasteiger partial charge in [0.15, 0.2) is 9.84 Å². The predicted octanol–water partition coefficient (Wildman–Crippen LogP) is 0.690. The largest absolute Gasteiger partial charge is 0.397 e. The molecule has 80 valence electrons. The Morgan fingerprint density at radius 2 is 2.20 bits per heavy atom. The molecule has 0 radical (unpaired) electrons. The van der Waals surface area contributed by atoms with Crippen LogP contribution in [0.25, 0.3) is 11.0 Å². The first-order valence-corrected chi connectivity index (χ1v) is 6.42. The standard InChI is InChI=1S/C9H11N3O2S/c1-15(13,14)5-8-11-7-4-2-3-6(10)9(7)12-8/h2-4H,5,10H2,1H3,(H,11,12). The number of fused-ring (bicyclic) bond motifs is 1. The highest BCUT2D eigenvalue weighted by Gasteiger charge is 2.10. The molecule has 3 N–H and O–H groups in total. The average molecular weight is 225 g/mol. The summed E-state index contributed by atoms with van der Waals surface area (Å²) in [6.07, 6.45) is 1.17. The molecule has 0 amide bonds. The van der Waals surface area contributed by atoms with E-state index >= 15 is 0 Å². The molecule has 6 heteroatoms. The molecule has 5 nitrogen and oxygen atoms in total.